The number of amides is 2. The average Bonchev–Trinajstić information content (AvgIpc) is 3.38. The Morgan fingerprint density at radius 2 is 1.84 bits per heavy atom. The van der Waals surface area contributed by atoms with E-state index in [2.05, 4.69) is 26.6 Å². The SMILES string of the molecule is Cc1cc(Br)ccc1NC(=O)C1CC1C(=O)Nc1cccc(C#N)c1. The second kappa shape index (κ2) is 7.08. The third-order valence-corrected chi connectivity index (χ3v) is 4.66. The number of rotatable bonds is 4. The second-order valence-electron chi connectivity index (χ2n) is 6.08. The van der Waals surface area contributed by atoms with Crippen LogP contribution in [0.15, 0.2) is 46.9 Å². The van der Waals surface area contributed by atoms with Crippen LogP contribution in [0.2, 0.25) is 0 Å². The van der Waals surface area contributed by atoms with Crippen LogP contribution in [0.1, 0.15) is 17.5 Å². The molecule has 2 N–H and O–H groups in total. The minimum Gasteiger partial charge on any atom is -0.326 e. The van der Waals surface area contributed by atoms with Gasteiger partial charge in [0.05, 0.1) is 23.5 Å². The number of nitrogens with zero attached hydrogens (tertiary/aromatic N) is 1. The van der Waals surface area contributed by atoms with Gasteiger partial charge in [-0.15, -0.1) is 0 Å². The Kier molecular flexibility index (Phi) is 4.86. The summed E-state index contributed by atoms with van der Waals surface area (Å²) in [7, 11) is 0. The molecule has 2 unspecified atom stereocenters. The molecule has 126 valence electrons. The van der Waals surface area contributed by atoms with Gasteiger partial charge < -0.3 is 10.6 Å². The van der Waals surface area contributed by atoms with Crippen LogP contribution in [0.3, 0.4) is 0 Å². The first kappa shape index (κ1) is 17.2. The lowest BCUT2D eigenvalue weighted by atomic mass is 10.2. The van der Waals surface area contributed by atoms with Gasteiger partial charge in [-0.2, -0.15) is 5.26 Å². The highest BCUT2D eigenvalue weighted by Gasteiger charge is 2.48. The summed E-state index contributed by atoms with van der Waals surface area (Å²) < 4.78 is 0.950. The lowest BCUT2D eigenvalue weighted by molar-refractivity contribution is -0.122. The molecule has 0 bridgehead atoms. The molecular weight excluding hydrogens is 382 g/mol. The van der Waals surface area contributed by atoms with Gasteiger partial charge in [-0.1, -0.05) is 22.0 Å². The zero-order valence-electron chi connectivity index (χ0n) is 13.5. The number of nitrogens with one attached hydrogen (secondary N) is 2. The number of benzene rings is 2. The standard InChI is InChI=1S/C19H16BrN3O2/c1-11-7-13(20)5-6-17(11)23-19(25)16-9-15(16)18(24)22-14-4-2-3-12(8-14)10-21/h2-8,15-16H,9H2,1H3,(H,22,24)(H,23,25). The van der Waals surface area contributed by atoms with Crippen LogP contribution in [0.5, 0.6) is 0 Å². The van der Waals surface area contributed by atoms with E-state index >= 15 is 0 Å². The summed E-state index contributed by atoms with van der Waals surface area (Å²) in [6, 6.07) is 14.4. The number of carbonyl (C=O) groups is 2. The number of halogens is 1. The zero-order chi connectivity index (χ0) is 18.0. The number of hydrogen-bond donors (Lipinski definition) is 2. The molecule has 1 aliphatic rings. The van der Waals surface area contributed by atoms with Crippen molar-refractivity contribution in [3.8, 4) is 6.07 Å². The molecule has 0 heterocycles. The lowest BCUT2D eigenvalue weighted by Gasteiger charge is -2.09. The highest BCUT2D eigenvalue weighted by Crippen LogP contribution is 2.40. The van der Waals surface area contributed by atoms with Crippen molar-refractivity contribution in [2.45, 2.75) is 13.3 Å². The van der Waals surface area contributed by atoms with Gasteiger partial charge in [0.25, 0.3) is 0 Å². The fraction of sp³-hybridized carbons (Fsp3) is 0.211. The number of hydrogen-bond acceptors (Lipinski definition) is 3. The summed E-state index contributed by atoms with van der Waals surface area (Å²) in [4.78, 5) is 24.6. The third kappa shape index (κ3) is 4.06. The van der Waals surface area contributed by atoms with Crippen LogP contribution in [0.25, 0.3) is 0 Å². The molecule has 2 aromatic carbocycles. The van der Waals surface area contributed by atoms with E-state index in [9.17, 15) is 9.59 Å². The van der Waals surface area contributed by atoms with Crippen molar-refractivity contribution in [3.63, 3.8) is 0 Å². The molecule has 0 aliphatic heterocycles. The minimum atomic E-state index is -0.332. The van der Waals surface area contributed by atoms with Crippen molar-refractivity contribution in [1.29, 1.82) is 5.26 Å². The minimum absolute atomic E-state index is 0.142. The first-order valence-corrected chi connectivity index (χ1v) is 8.65. The average molecular weight is 398 g/mol. The monoisotopic (exact) mass is 397 g/mol. The Balaban J connectivity index is 1.59. The Hall–Kier alpha value is -2.65. The van der Waals surface area contributed by atoms with Gasteiger partial charge in [0.15, 0.2) is 0 Å². The molecule has 0 spiro atoms. The van der Waals surface area contributed by atoms with E-state index in [1.54, 1.807) is 24.3 Å². The smallest absolute Gasteiger partial charge is 0.228 e. The quantitative estimate of drug-likeness (QED) is 0.821. The van der Waals surface area contributed by atoms with E-state index in [1.807, 2.05) is 31.2 Å². The number of nitriles is 1. The van der Waals surface area contributed by atoms with Crippen molar-refractivity contribution < 1.29 is 9.59 Å². The van der Waals surface area contributed by atoms with Gasteiger partial charge in [0, 0.05) is 15.8 Å². The molecule has 25 heavy (non-hydrogen) atoms. The largest absolute Gasteiger partial charge is 0.326 e. The highest BCUT2D eigenvalue weighted by atomic mass is 79.9. The van der Waals surface area contributed by atoms with E-state index in [1.165, 1.54) is 0 Å². The fourth-order valence-electron chi connectivity index (χ4n) is 2.67. The maximum absolute atomic E-state index is 12.3. The zero-order valence-corrected chi connectivity index (χ0v) is 15.1. The summed E-state index contributed by atoms with van der Waals surface area (Å²) in [5.74, 6) is -0.984. The molecular formula is C19H16BrN3O2. The maximum atomic E-state index is 12.3. The molecule has 2 atom stereocenters. The molecule has 0 aromatic heterocycles. The first-order valence-electron chi connectivity index (χ1n) is 7.86. The molecule has 0 radical (unpaired) electrons. The second-order valence-corrected chi connectivity index (χ2v) is 6.99. The molecule has 0 saturated heterocycles. The van der Waals surface area contributed by atoms with Crippen LogP contribution in [-0.2, 0) is 9.59 Å². The molecule has 1 fully saturated rings. The molecule has 2 amide bonds. The van der Waals surface area contributed by atoms with E-state index in [4.69, 9.17) is 5.26 Å². The van der Waals surface area contributed by atoms with Gasteiger partial charge in [-0.3, -0.25) is 9.59 Å². The molecule has 5 nitrogen and oxygen atoms in total. The molecule has 6 heteroatoms. The Morgan fingerprint density at radius 1 is 1.12 bits per heavy atom. The van der Waals surface area contributed by atoms with Gasteiger partial charge in [-0.05, 0) is 55.3 Å². The maximum Gasteiger partial charge on any atom is 0.228 e. The van der Waals surface area contributed by atoms with Crippen molar-refractivity contribution in [3.05, 3.63) is 58.1 Å². The summed E-state index contributed by atoms with van der Waals surface area (Å²) in [6.45, 7) is 1.92. The Morgan fingerprint density at radius 3 is 2.52 bits per heavy atom. The normalized spacial score (nSPS) is 18.1. The van der Waals surface area contributed by atoms with Crippen LogP contribution in [-0.4, -0.2) is 11.8 Å². The summed E-state index contributed by atoms with van der Waals surface area (Å²) in [5, 5.41) is 14.5. The molecule has 2 aromatic rings. The Bertz CT molecular complexity index is 888. The molecule has 1 saturated carbocycles. The lowest BCUT2D eigenvalue weighted by Crippen LogP contribution is -2.20. The van der Waals surface area contributed by atoms with Crippen molar-refractivity contribution in [2.75, 3.05) is 10.6 Å². The van der Waals surface area contributed by atoms with Gasteiger partial charge in [0.1, 0.15) is 0 Å². The fourth-order valence-corrected chi connectivity index (χ4v) is 3.14. The third-order valence-electron chi connectivity index (χ3n) is 4.17. The van der Waals surface area contributed by atoms with Crippen molar-refractivity contribution >= 4 is 39.1 Å². The van der Waals surface area contributed by atoms with Crippen LogP contribution < -0.4 is 10.6 Å². The van der Waals surface area contributed by atoms with Crippen LogP contribution >= 0.6 is 15.9 Å². The summed E-state index contributed by atoms with van der Waals surface area (Å²) in [6.07, 6.45) is 0.533. The predicted molar refractivity (Wildman–Crippen MR) is 98.9 cm³/mol. The van der Waals surface area contributed by atoms with Crippen LogP contribution in [0.4, 0.5) is 11.4 Å². The topological polar surface area (TPSA) is 82.0 Å². The van der Waals surface area contributed by atoms with Gasteiger partial charge in [0.2, 0.25) is 11.8 Å². The Labute approximate surface area is 154 Å². The molecule has 1 aliphatic carbocycles. The van der Waals surface area contributed by atoms with E-state index in [-0.39, 0.29) is 23.7 Å². The predicted octanol–water partition coefficient (Wildman–Crippen LogP) is 3.84. The van der Waals surface area contributed by atoms with Gasteiger partial charge >= 0.3 is 0 Å². The molecule has 3 rings (SSSR count). The number of aryl methyl sites for hydroxylation is 1. The van der Waals surface area contributed by atoms with Crippen molar-refractivity contribution in [1.82, 2.24) is 0 Å². The number of carbonyl (C=O) groups excluding carboxylic acids is 2. The van der Waals surface area contributed by atoms with E-state index < -0.39 is 0 Å². The first-order chi connectivity index (χ1) is 12.0. The van der Waals surface area contributed by atoms with E-state index in [0.717, 1.165) is 15.7 Å². The summed E-state index contributed by atoms with van der Waals surface area (Å²) >= 11 is 3.39. The van der Waals surface area contributed by atoms with Gasteiger partial charge in [-0.25, -0.2) is 0 Å². The summed E-state index contributed by atoms with van der Waals surface area (Å²) in [5.41, 5.74) is 2.76. The van der Waals surface area contributed by atoms with Crippen LogP contribution in [0, 0.1) is 30.1 Å². The van der Waals surface area contributed by atoms with E-state index in [0.29, 0.717) is 17.7 Å². The highest BCUT2D eigenvalue weighted by molar-refractivity contribution is 9.10. The van der Waals surface area contributed by atoms with Crippen molar-refractivity contribution in [2.24, 2.45) is 11.8 Å². The number of anilines is 2.